The van der Waals surface area contributed by atoms with Gasteiger partial charge in [-0.15, -0.1) is 0 Å². The van der Waals surface area contributed by atoms with E-state index in [2.05, 4.69) is 6.92 Å². The second-order valence-corrected chi connectivity index (χ2v) is 5.30. The largest absolute Gasteiger partial charge is 0.479 e. The zero-order chi connectivity index (χ0) is 14.8. The van der Waals surface area contributed by atoms with Gasteiger partial charge in [0, 0.05) is 12.1 Å². The standard InChI is InChI=1S/C16H21NO3/c1-3-12-6-8-13(9-7-12)14(18)17-11-5-10-16(17,4-2)15(19)20/h6-9H,3-5,10-11H2,1-2H3,(H,19,20). The number of hydrogen-bond donors (Lipinski definition) is 1. The van der Waals surface area contributed by atoms with Gasteiger partial charge in [0.25, 0.3) is 5.91 Å². The smallest absolute Gasteiger partial charge is 0.329 e. The SMILES string of the molecule is CCc1ccc(C(=O)N2CCCC2(CC)C(=O)O)cc1. The molecular formula is C16H21NO3. The first-order valence-corrected chi connectivity index (χ1v) is 7.19. The number of carboxylic acids is 1. The van der Waals surface area contributed by atoms with Gasteiger partial charge in [0.15, 0.2) is 0 Å². The van der Waals surface area contributed by atoms with Crippen molar-refractivity contribution in [3.8, 4) is 0 Å². The third-order valence-corrected chi connectivity index (χ3v) is 4.33. The Bertz CT molecular complexity index is 509. The van der Waals surface area contributed by atoms with E-state index in [1.54, 1.807) is 12.1 Å². The van der Waals surface area contributed by atoms with Crippen LogP contribution in [0, 0.1) is 0 Å². The maximum absolute atomic E-state index is 12.6. The fourth-order valence-corrected chi connectivity index (χ4v) is 2.95. The Hall–Kier alpha value is -1.84. The average Bonchev–Trinajstić information content (AvgIpc) is 2.91. The van der Waals surface area contributed by atoms with E-state index in [1.165, 1.54) is 10.5 Å². The van der Waals surface area contributed by atoms with Crippen molar-refractivity contribution in [2.24, 2.45) is 0 Å². The number of rotatable bonds is 4. The lowest BCUT2D eigenvalue weighted by atomic mass is 9.92. The van der Waals surface area contributed by atoms with Crippen LogP contribution in [0.15, 0.2) is 24.3 Å². The summed E-state index contributed by atoms with van der Waals surface area (Å²) in [5.74, 6) is -1.06. The molecule has 1 unspecified atom stereocenters. The van der Waals surface area contributed by atoms with Crippen LogP contribution in [0.2, 0.25) is 0 Å². The van der Waals surface area contributed by atoms with Crippen LogP contribution >= 0.6 is 0 Å². The number of hydrogen-bond acceptors (Lipinski definition) is 2. The van der Waals surface area contributed by atoms with Crippen molar-refractivity contribution in [1.82, 2.24) is 4.90 Å². The third-order valence-electron chi connectivity index (χ3n) is 4.33. The van der Waals surface area contributed by atoms with Gasteiger partial charge in [-0.25, -0.2) is 4.79 Å². The Morgan fingerprint density at radius 2 is 1.90 bits per heavy atom. The molecule has 1 atom stereocenters. The van der Waals surface area contributed by atoms with Gasteiger partial charge in [-0.1, -0.05) is 26.0 Å². The lowest BCUT2D eigenvalue weighted by molar-refractivity contribution is -0.148. The van der Waals surface area contributed by atoms with E-state index >= 15 is 0 Å². The Labute approximate surface area is 119 Å². The van der Waals surface area contributed by atoms with Crippen molar-refractivity contribution < 1.29 is 14.7 Å². The molecule has 1 aromatic carbocycles. The van der Waals surface area contributed by atoms with Crippen LogP contribution in [-0.4, -0.2) is 34.0 Å². The van der Waals surface area contributed by atoms with E-state index in [0.717, 1.165) is 12.8 Å². The van der Waals surface area contributed by atoms with Gasteiger partial charge in [0.2, 0.25) is 0 Å². The highest BCUT2D eigenvalue weighted by atomic mass is 16.4. The van der Waals surface area contributed by atoms with E-state index < -0.39 is 11.5 Å². The molecule has 1 aliphatic rings. The molecule has 20 heavy (non-hydrogen) atoms. The highest BCUT2D eigenvalue weighted by Gasteiger charge is 2.48. The number of carbonyl (C=O) groups excluding carboxylic acids is 1. The third kappa shape index (κ3) is 2.30. The first-order chi connectivity index (χ1) is 9.55. The Kier molecular flexibility index (Phi) is 4.12. The number of likely N-dealkylation sites (tertiary alicyclic amines) is 1. The molecular weight excluding hydrogens is 254 g/mol. The van der Waals surface area contributed by atoms with Crippen LogP contribution in [0.25, 0.3) is 0 Å². The average molecular weight is 275 g/mol. The number of aryl methyl sites for hydroxylation is 1. The molecule has 2 rings (SSSR count). The van der Waals surface area contributed by atoms with E-state index in [4.69, 9.17) is 0 Å². The molecule has 0 bridgehead atoms. The molecule has 1 aliphatic heterocycles. The summed E-state index contributed by atoms with van der Waals surface area (Å²) in [6.45, 7) is 4.41. The molecule has 0 radical (unpaired) electrons. The molecule has 108 valence electrons. The highest BCUT2D eigenvalue weighted by molar-refractivity contribution is 5.98. The molecule has 4 heteroatoms. The predicted octanol–water partition coefficient (Wildman–Crippen LogP) is 2.72. The van der Waals surface area contributed by atoms with Crippen LogP contribution in [0.4, 0.5) is 0 Å². The fraction of sp³-hybridized carbons (Fsp3) is 0.500. The molecule has 0 aliphatic carbocycles. The van der Waals surface area contributed by atoms with Crippen molar-refractivity contribution in [3.63, 3.8) is 0 Å². The first-order valence-electron chi connectivity index (χ1n) is 7.19. The summed E-state index contributed by atoms with van der Waals surface area (Å²) in [5, 5.41) is 9.52. The van der Waals surface area contributed by atoms with Gasteiger partial charge in [-0.2, -0.15) is 0 Å². The zero-order valence-electron chi connectivity index (χ0n) is 12.1. The molecule has 1 aromatic rings. The van der Waals surface area contributed by atoms with Crippen LogP contribution in [-0.2, 0) is 11.2 Å². The number of amides is 1. The summed E-state index contributed by atoms with van der Waals surface area (Å²) in [7, 11) is 0. The number of benzene rings is 1. The summed E-state index contributed by atoms with van der Waals surface area (Å²) in [6, 6.07) is 7.44. The van der Waals surface area contributed by atoms with Gasteiger partial charge >= 0.3 is 5.97 Å². The molecule has 0 spiro atoms. The van der Waals surface area contributed by atoms with E-state index in [9.17, 15) is 14.7 Å². The van der Waals surface area contributed by atoms with Gasteiger partial charge in [0.1, 0.15) is 5.54 Å². The van der Waals surface area contributed by atoms with Crippen molar-refractivity contribution in [2.45, 2.75) is 45.1 Å². The van der Waals surface area contributed by atoms with Crippen LogP contribution < -0.4 is 0 Å². The van der Waals surface area contributed by atoms with Gasteiger partial charge in [-0.3, -0.25) is 4.79 Å². The summed E-state index contributed by atoms with van der Waals surface area (Å²) >= 11 is 0. The van der Waals surface area contributed by atoms with E-state index in [0.29, 0.717) is 24.9 Å². The maximum Gasteiger partial charge on any atom is 0.329 e. The molecule has 0 aromatic heterocycles. The number of nitrogens with zero attached hydrogens (tertiary/aromatic N) is 1. The predicted molar refractivity (Wildman–Crippen MR) is 76.7 cm³/mol. The minimum atomic E-state index is -1.03. The van der Waals surface area contributed by atoms with E-state index in [1.807, 2.05) is 19.1 Å². The minimum absolute atomic E-state index is 0.172. The van der Waals surface area contributed by atoms with E-state index in [-0.39, 0.29) is 5.91 Å². The minimum Gasteiger partial charge on any atom is -0.479 e. The Morgan fingerprint density at radius 3 is 2.40 bits per heavy atom. The second-order valence-electron chi connectivity index (χ2n) is 5.30. The zero-order valence-corrected chi connectivity index (χ0v) is 12.1. The topological polar surface area (TPSA) is 57.6 Å². The molecule has 0 saturated carbocycles. The Balaban J connectivity index is 2.29. The van der Waals surface area contributed by atoms with Crippen LogP contribution in [0.1, 0.15) is 49.0 Å². The molecule has 1 N–H and O–H groups in total. The molecule has 1 saturated heterocycles. The van der Waals surface area contributed by atoms with Crippen molar-refractivity contribution in [1.29, 1.82) is 0 Å². The van der Waals surface area contributed by atoms with Gasteiger partial charge in [0.05, 0.1) is 0 Å². The molecule has 1 fully saturated rings. The summed E-state index contributed by atoms with van der Waals surface area (Å²) in [5.41, 5.74) is 0.715. The van der Waals surface area contributed by atoms with Crippen LogP contribution in [0.3, 0.4) is 0 Å². The lowest BCUT2D eigenvalue weighted by Crippen LogP contribution is -2.52. The second kappa shape index (κ2) is 5.65. The molecule has 1 amide bonds. The maximum atomic E-state index is 12.6. The lowest BCUT2D eigenvalue weighted by Gasteiger charge is -2.34. The first kappa shape index (κ1) is 14.6. The summed E-state index contributed by atoms with van der Waals surface area (Å²) < 4.78 is 0. The molecule has 1 heterocycles. The molecule has 4 nitrogen and oxygen atoms in total. The monoisotopic (exact) mass is 275 g/mol. The Morgan fingerprint density at radius 1 is 1.25 bits per heavy atom. The summed E-state index contributed by atoms with van der Waals surface area (Å²) in [4.78, 5) is 25.7. The van der Waals surface area contributed by atoms with Crippen molar-refractivity contribution in [3.05, 3.63) is 35.4 Å². The number of carboxylic acid groups (broad SMARTS) is 1. The van der Waals surface area contributed by atoms with Crippen molar-refractivity contribution >= 4 is 11.9 Å². The highest BCUT2D eigenvalue weighted by Crippen LogP contribution is 2.34. The normalized spacial score (nSPS) is 22.0. The van der Waals surface area contributed by atoms with Gasteiger partial charge < -0.3 is 10.0 Å². The number of aliphatic carboxylic acids is 1. The quantitative estimate of drug-likeness (QED) is 0.919. The number of carbonyl (C=O) groups is 2. The summed E-state index contributed by atoms with van der Waals surface area (Å²) in [6.07, 6.45) is 2.66. The van der Waals surface area contributed by atoms with Crippen LogP contribution in [0.5, 0.6) is 0 Å². The fourth-order valence-electron chi connectivity index (χ4n) is 2.95. The van der Waals surface area contributed by atoms with Gasteiger partial charge in [-0.05, 0) is 43.4 Å². The van der Waals surface area contributed by atoms with Crippen molar-refractivity contribution in [2.75, 3.05) is 6.54 Å².